The molecular formula is C58H115NO8. The number of hydrogen-bond donors (Lipinski definition) is 6. The molecule has 0 aliphatic carbocycles. The van der Waals surface area contributed by atoms with Gasteiger partial charge in [0, 0.05) is 6.42 Å². The monoisotopic (exact) mass is 954 g/mol. The Bertz CT molecular complexity index is 1020. The average Bonchev–Trinajstić information content (AvgIpc) is 3.33. The highest BCUT2D eigenvalue weighted by Gasteiger charge is 2.44. The Morgan fingerprint density at radius 2 is 0.746 bits per heavy atom. The Morgan fingerprint density at radius 1 is 0.448 bits per heavy atom. The Morgan fingerprint density at radius 3 is 1.06 bits per heavy atom. The number of aliphatic hydroxyl groups excluding tert-OH is 5. The molecule has 1 heterocycles. The van der Waals surface area contributed by atoms with Crippen LogP contribution in [-0.2, 0) is 14.3 Å². The first-order chi connectivity index (χ1) is 32.8. The van der Waals surface area contributed by atoms with Gasteiger partial charge in [0.05, 0.1) is 25.4 Å². The summed E-state index contributed by atoms with van der Waals surface area (Å²) >= 11 is 0. The Kier molecular flexibility index (Phi) is 46.8. The molecule has 0 aromatic rings. The van der Waals surface area contributed by atoms with Crippen molar-refractivity contribution in [1.29, 1.82) is 0 Å². The summed E-state index contributed by atoms with van der Waals surface area (Å²) in [7, 11) is 0. The maximum Gasteiger partial charge on any atom is 0.220 e. The van der Waals surface area contributed by atoms with Crippen LogP contribution < -0.4 is 5.32 Å². The topological polar surface area (TPSA) is 149 Å². The van der Waals surface area contributed by atoms with Crippen LogP contribution in [0, 0.1) is 0 Å². The van der Waals surface area contributed by atoms with Crippen LogP contribution in [0.2, 0.25) is 0 Å². The first kappa shape index (κ1) is 64.2. The van der Waals surface area contributed by atoms with E-state index in [2.05, 4.69) is 19.2 Å². The molecule has 400 valence electrons. The molecule has 0 radical (unpaired) electrons. The zero-order chi connectivity index (χ0) is 48.7. The molecule has 6 N–H and O–H groups in total. The number of unbranched alkanes of at least 4 members (excludes halogenated alkanes) is 42. The molecule has 0 spiro atoms. The van der Waals surface area contributed by atoms with E-state index in [4.69, 9.17) is 9.47 Å². The van der Waals surface area contributed by atoms with E-state index in [1.54, 1.807) is 0 Å². The van der Waals surface area contributed by atoms with Crippen LogP contribution in [0.25, 0.3) is 0 Å². The van der Waals surface area contributed by atoms with Crippen LogP contribution in [0.1, 0.15) is 309 Å². The van der Waals surface area contributed by atoms with E-state index < -0.39 is 49.5 Å². The summed E-state index contributed by atoms with van der Waals surface area (Å²) in [4.78, 5) is 13.0. The fraction of sp³-hybridized carbons (Fsp3) is 0.983. The summed E-state index contributed by atoms with van der Waals surface area (Å²) in [6.45, 7) is 3.86. The number of ether oxygens (including phenoxy) is 2. The van der Waals surface area contributed by atoms with Crippen LogP contribution in [0.15, 0.2) is 0 Å². The number of carbonyl (C=O) groups is 1. The number of aliphatic hydroxyl groups is 5. The second-order valence-corrected chi connectivity index (χ2v) is 21.2. The summed E-state index contributed by atoms with van der Waals surface area (Å²) in [6, 6.07) is -0.712. The molecule has 7 unspecified atom stereocenters. The largest absolute Gasteiger partial charge is 0.394 e. The van der Waals surface area contributed by atoms with Crippen molar-refractivity contribution in [3.63, 3.8) is 0 Å². The lowest BCUT2D eigenvalue weighted by Gasteiger charge is -2.40. The van der Waals surface area contributed by atoms with Crippen molar-refractivity contribution < 1.29 is 39.8 Å². The molecule has 1 amide bonds. The van der Waals surface area contributed by atoms with Crippen LogP contribution >= 0.6 is 0 Å². The zero-order valence-electron chi connectivity index (χ0n) is 44.4. The van der Waals surface area contributed by atoms with E-state index in [0.717, 1.165) is 38.5 Å². The molecule has 0 aromatic carbocycles. The summed E-state index contributed by atoms with van der Waals surface area (Å²) in [5.41, 5.74) is 0. The number of hydrogen-bond acceptors (Lipinski definition) is 8. The summed E-state index contributed by atoms with van der Waals surface area (Å²) in [5, 5.41) is 54.5. The molecule has 0 bridgehead atoms. The van der Waals surface area contributed by atoms with Crippen molar-refractivity contribution in [2.75, 3.05) is 13.2 Å². The smallest absolute Gasteiger partial charge is 0.220 e. The SMILES string of the molecule is CCCCCCCCCCCCCCCCCCCCCCCCCCCCCCCCCCCC(O)C(COC1OC(CO)C(O)C(O)C1O)NC(=O)CCCCCCCCCCCCC. The van der Waals surface area contributed by atoms with E-state index >= 15 is 0 Å². The van der Waals surface area contributed by atoms with Gasteiger partial charge in [-0.15, -0.1) is 0 Å². The van der Waals surface area contributed by atoms with Crippen molar-refractivity contribution in [1.82, 2.24) is 5.32 Å². The summed E-state index contributed by atoms with van der Waals surface area (Å²) in [6.07, 6.45) is 51.7. The van der Waals surface area contributed by atoms with E-state index in [0.29, 0.717) is 12.8 Å². The van der Waals surface area contributed by atoms with E-state index in [-0.39, 0.29) is 12.5 Å². The van der Waals surface area contributed by atoms with E-state index in [1.165, 1.54) is 244 Å². The maximum absolute atomic E-state index is 13.0. The van der Waals surface area contributed by atoms with Gasteiger partial charge in [0.1, 0.15) is 24.4 Å². The van der Waals surface area contributed by atoms with Crippen molar-refractivity contribution in [2.45, 2.75) is 352 Å². The molecule has 1 aliphatic rings. The normalized spacial score (nSPS) is 19.5. The molecule has 9 nitrogen and oxygen atoms in total. The number of rotatable bonds is 52. The van der Waals surface area contributed by atoms with Gasteiger partial charge >= 0.3 is 0 Å². The van der Waals surface area contributed by atoms with Crippen molar-refractivity contribution in [2.24, 2.45) is 0 Å². The van der Waals surface area contributed by atoms with Gasteiger partial charge < -0.3 is 40.3 Å². The lowest BCUT2D eigenvalue weighted by molar-refractivity contribution is -0.302. The third kappa shape index (κ3) is 38.5. The minimum atomic E-state index is -1.55. The Labute approximate surface area is 414 Å². The van der Waals surface area contributed by atoms with Crippen molar-refractivity contribution in [3.05, 3.63) is 0 Å². The molecule has 7 atom stereocenters. The van der Waals surface area contributed by atoms with Crippen molar-refractivity contribution >= 4 is 5.91 Å². The number of carbonyl (C=O) groups excluding carboxylic acids is 1. The quantitative estimate of drug-likeness (QED) is 0.0330. The van der Waals surface area contributed by atoms with Gasteiger partial charge in [-0.05, 0) is 12.8 Å². The summed E-state index contributed by atoms with van der Waals surface area (Å²) < 4.78 is 11.3. The molecule has 1 rings (SSSR count). The number of nitrogens with one attached hydrogen (secondary N) is 1. The predicted molar refractivity (Wildman–Crippen MR) is 281 cm³/mol. The lowest BCUT2D eigenvalue weighted by atomic mass is 9.99. The van der Waals surface area contributed by atoms with Gasteiger partial charge in [-0.25, -0.2) is 0 Å². The fourth-order valence-corrected chi connectivity index (χ4v) is 9.99. The highest BCUT2D eigenvalue weighted by Crippen LogP contribution is 2.23. The van der Waals surface area contributed by atoms with Gasteiger partial charge in [-0.1, -0.05) is 290 Å². The molecule has 9 heteroatoms. The van der Waals surface area contributed by atoms with Gasteiger partial charge in [0.15, 0.2) is 6.29 Å². The molecule has 0 saturated carbocycles. The minimum absolute atomic E-state index is 0.131. The second-order valence-electron chi connectivity index (χ2n) is 21.2. The predicted octanol–water partition coefficient (Wildman–Crippen LogP) is 14.6. The molecule has 1 saturated heterocycles. The molecule has 1 fully saturated rings. The average molecular weight is 955 g/mol. The molecule has 0 aromatic heterocycles. The Balaban J connectivity index is 2.06. The highest BCUT2D eigenvalue weighted by molar-refractivity contribution is 5.76. The Hall–Kier alpha value is -0.810. The van der Waals surface area contributed by atoms with Crippen LogP contribution in [0.5, 0.6) is 0 Å². The second kappa shape index (κ2) is 48.8. The highest BCUT2D eigenvalue weighted by atomic mass is 16.7. The third-order valence-corrected chi connectivity index (χ3v) is 14.7. The number of amides is 1. The minimum Gasteiger partial charge on any atom is -0.394 e. The van der Waals surface area contributed by atoms with Gasteiger partial charge in [0.2, 0.25) is 5.91 Å². The van der Waals surface area contributed by atoms with Gasteiger partial charge in [-0.2, -0.15) is 0 Å². The van der Waals surface area contributed by atoms with Crippen LogP contribution in [0.4, 0.5) is 0 Å². The fourth-order valence-electron chi connectivity index (χ4n) is 9.99. The van der Waals surface area contributed by atoms with Gasteiger partial charge in [-0.3, -0.25) is 4.79 Å². The summed E-state index contributed by atoms with van der Waals surface area (Å²) in [5.74, 6) is -0.140. The molecule has 67 heavy (non-hydrogen) atoms. The molecular weight excluding hydrogens is 839 g/mol. The third-order valence-electron chi connectivity index (χ3n) is 14.7. The lowest BCUT2D eigenvalue weighted by Crippen LogP contribution is -2.60. The van der Waals surface area contributed by atoms with Crippen LogP contribution in [0.3, 0.4) is 0 Å². The molecule has 1 aliphatic heterocycles. The first-order valence-electron chi connectivity index (χ1n) is 29.7. The van der Waals surface area contributed by atoms with E-state index in [9.17, 15) is 30.3 Å². The van der Waals surface area contributed by atoms with Crippen LogP contribution in [-0.4, -0.2) is 87.5 Å². The zero-order valence-corrected chi connectivity index (χ0v) is 44.4. The standard InChI is InChI=1S/C58H115NO8/c1-3-5-7-9-11-13-15-16-17-18-19-20-21-22-23-24-25-26-27-28-29-30-31-32-33-34-35-36-38-39-41-43-45-47-52(61)51(50-66-58-57(65)56(64)55(63)53(49-60)67-58)59-54(62)48-46-44-42-40-37-14-12-10-8-6-4-2/h51-53,55-58,60-61,63-65H,3-50H2,1-2H3,(H,59,62). The van der Waals surface area contributed by atoms with Gasteiger partial charge in [0.25, 0.3) is 0 Å². The first-order valence-corrected chi connectivity index (χ1v) is 29.7. The maximum atomic E-state index is 13.0. The van der Waals surface area contributed by atoms with E-state index in [1.807, 2.05) is 0 Å². The van der Waals surface area contributed by atoms with Crippen molar-refractivity contribution in [3.8, 4) is 0 Å².